The second-order valence-corrected chi connectivity index (χ2v) is 7.99. The molecule has 1 aromatic carbocycles. The van der Waals surface area contributed by atoms with E-state index in [1.807, 2.05) is 13.8 Å². The van der Waals surface area contributed by atoms with Crippen LogP contribution in [0.2, 0.25) is 0 Å². The number of nitrogens with one attached hydrogen (secondary N) is 1. The van der Waals surface area contributed by atoms with Crippen molar-refractivity contribution in [1.29, 1.82) is 0 Å². The molecule has 6 nitrogen and oxygen atoms in total. The summed E-state index contributed by atoms with van der Waals surface area (Å²) in [6.45, 7) is 5.31. The Morgan fingerprint density at radius 1 is 1.22 bits per heavy atom. The summed E-state index contributed by atoms with van der Waals surface area (Å²) in [5, 5.41) is 2.78. The Labute approximate surface area is 137 Å². The number of amides is 2. The largest absolute Gasteiger partial charge is 0.372 e. The van der Waals surface area contributed by atoms with Gasteiger partial charge in [-0.3, -0.25) is 0 Å². The molecule has 0 unspecified atom stereocenters. The van der Waals surface area contributed by atoms with Gasteiger partial charge in [-0.05, 0) is 32.4 Å². The minimum absolute atomic E-state index is 0.0166. The van der Waals surface area contributed by atoms with Crippen LogP contribution in [0.4, 0.5) is 4.79 Å². The fraction of sp³-hybridized carbons (Fsp3) is 0.562. The topological polar surface area (TPSA) is 75.7 Å². The number of ether oxygens (including phenoxy) is 1. The molecular formula is C16H24N2O4S. The predicted octanol–water partition coefficient (Wildman–Crippen LogP) is 1.67. The quantitative estimate of drug-likeness (QED) is 0.827. The molecule has 7 heteroatoms. The van der Waals surface area contributed by atoms with E-state index in [-0.39, 0.29) is 24.0 Å². The van der Waals surface area contributed by atoms with Crippen molar-refractivity contribution in [2.75, 3.05) is 25.4 Å². The van der Waals surface area contributed by atoms with E-state index in [0.29, 0.717) is 31.0 Å². The Bertz CT molecular complexity index is 608. The fourth-order valence-electron chi connectivity index (χ4n) is 2.66. The maximum atomic E-state index is 12.1. The first-order valence-corrected chi connectivity index (χ1v) is 9.50. The molecule has 0 saturated carbocycles. The van der Waals surface area contributed by atoms with Crippen LogP contribution in [-0.2, 0) is 14.6 Å². The maximum absolute atomic E-state index is 12.1. The Hall–Kier alpha value is -1.60. The third kappa shape index (κ3) is 5.21. The molecule has 128 valence electrons. The van der Waals surface area contributed by atoms with Crippen LogP contribution in [0.25, 0.3) is 0 Å². The number of sulfone groups is 1. The Morgan fingerprint density at radius 2 is 1.83 bits per heavy atom. The monoisotopic (exact) mass is 340 g/mol. The summed E-state index contributed by atoms with van der Waals surface area (Å²) in [6.07, 6.45) is 0.421. The molecule has 1 fully saturated rings. The summed E-state index contributed by atoms with van der Waals surface area (Å²) < 4.78 is 29.8. The van der Waals surface area contributed by atoms with Crippen LogP contribution in [0, 0.1) is 0 Å². The molecule has 1 saturated heterocycles. The Morgan fingerprint density at radius 3 is 2.43 bits per heavy atom. The first kappa shape index (κ1) is 17.7. The van der Waals surface area contributed by atoms with Crippen molar-refractivity contribution in [1.82, 2.24) is 10.2 Å². The standard InChI is InChI=1S/C16H24N2O4S/c1-13-11-18(12-14(2)22-13)16(19)17-9-6-10-23(20,21)15-7-4-3-5-8-15/h3-5,7-8,13-14H,6,9-12H2,1-2H3,(H,17,19)/t13-,14-/m1/s1. The number of morpholine rings is 1. The smallest absolute Gasteiger partial charge is 0.317 e. The molecule has 0 bridgehead atoms. The Balaban J connectivity index is 1.76. The van der Waals surface area contributed by atoms with Gasteiger partial charge in [0.25, 0.3) is 0 Å². The van der Waals surface area contributed by atoms with E-state index in [0.717, 1.165) is 0 Å². The molecule has 1 heterocycles. The molecule has 2 amide bonds. The van der Waals surface area contributed by atoms with Gasteiger partial charge in [0.05, 0.1) is 22.9 Å². The third-order valence-corrected chi connectivity index (χ3v) is 5.49. The first-order valence-electron chi connectivity index (χ1n) is 7.84. The van der Waals surface area contributed by atoms with Gasteiger partial charge in [-0.15, -0.1) is 0 Å². The van der Waals surface area contributed by atoms with Crippen LogP contribution in [0.15, 0.2) is 35.2 Å². The van der Waals surface area contributed by atoms with Gasteiger partial charge >= 0.3 is 6.03 Å². The average molecular weight is 340 g/mol. The molecular weight excluding hydrogens is 316 g/mol. The van der Waals surface area contributed by atoms with Crippen molar-refractivity contribution in [3.05, 3.63) is 30.3 Å². The highest BCUT2D eigenvalue weighted by atomic mass is 32.2. The van der Waals surface area contributed by atoms with Crippen LogP contribution in [0.3, 0.4) is 0 Å². The zero-order valence-corrected chi connectivity index (χ0v) is 14.4. The molecule has 2 rings (SSSR count). The second-order valence-electron chi connectivity index (χ2n) is 5.88. The minimum Gasteiger partial charge on any atom is -0.372 e. The number of benzene rings is 1. The van der Waals surface area contributed by atoms with Crippen molar-refractivity contribution in [3.63, 3.8) is 0 Å². The number of nitrogens with zero attached hydrogens (tertiary/aromatic N) is 1. The summed E-state index contributed by atoms with van der Waals surface area (Å²) in [6, 6.07) is 8.20. The molecule has 0 spiro atoms. The van der Waals surface area contributed by atoms with E-state index in [1.54, 1.807) is 35.2 Å². The number of hydrogen-bond donors (Lipinski definition) is 1. The minimum atomic E-state index is -3.29. The van der Waals surface area contributed by atoms with Crippen LogP contribution >= 0.6 is 0 Å². The Kier molecular flexibility index (Phi) is 6.01. The van der Waals surface area contributed by atoms with E-state index >= 15 is 0 Å². The lowest BCUT2D eigenvalue weighted by Gasteiger charge is -2.35. The zero-order chi connectivity index (χ0) is 16.9. The summed E-state index contributed by atoms with van der Waals surface area (Å²) in [5.41, 5.74) is 0. The molecule has 1 aliphatic heterocycles. The lowest BCUT2D eigenvalue weighted by atomic mass is 10.2. The fourth-order valence-corrected chi connectivity index (χ4v) is 3.99. The lowest BCUT2D eigenvalue weighted by molar-refractivity contribution is -0.0544. The van der Waals surface area contributed by atoms with Gasteiger partial charge in [0.2, 0.25) is 0 Å². The van der Waals surface area contributed by atoms with E-state index in [1.165, 1.54) is 0 Å². The molecule has 1 aliphatic rings. The average Bonchev–Trinajstić information content (AvgIpc) is 2.51. The molecule has 1 N–H and O–H groups in total. The van der Waals surface area contributed by atoms with Crippen LogP contribution in [-0.4, -0.2) is 56.9 Å². The normalized spacial score (nSPS) is 21.9. The molecule has 2 atom stereocenters. The van der Waals surface area contributed by atoms with Gasteiger partial charge in [0.1, 0.15) is 0 Å². The number of rotatable bonds is 5. The van der Waals surface area contributed by atoms with E-state index < -0.39 is 9.84 Å². The predicted molar refractivity (Wildman–Crippen MR) is 88.1 cm³/mol. The first-order chi connectivity index (χ1) is 10.9. The molecule has 1 aromatic rings. The SMILES string of the molecule is C[C@@H]1CN(C(=O)NCCCS(=O)(=O)c2ccccc2)C[C@@H](C)O1. The summed E-state index contributed by atoms with van der Waals surface area (Å²) >= 11 is 0. The van der Waals surface area contributed by atoms with Crippen LogP contribution < -0.4 is 5.32 Å². The van der Waals surface area contributed by atoms with E-state index in [2.05, 4.69) is 5.32 Å². The molecule has 0 aromatic heterocycles. The van der Waals surface area contributed by atoms with Crippen LogP contribution in [0.1, 0.15) is 20.3 Å². The lowest BCUT2D eigenvalue weighted by Crippen LogP contribution is -2.51. The van der Waals surface area contributed by atoms with Gasteiger partial charge in [0.15, 0.2) is 9.84 Å². The summed E-state index contributed by atoms with van der Waals surface area (Å²) in [4.78, 5) is 14.1. The highest BCUT2D eigenvalue weighted by Gasteiger charge is 2.25. The third-order valence-electron chi connectivity index (χ3n) is 3.68. The highest BCUT2D eigenvalue weighted by molar-refractivity contribution is 7.91. The van der Waals surface area contributed by atoms with E-state index in [4.69, 9.17) is 4.74 Å². The van der Waals surface area contributed by atoms with Crippen molar-refractivity contribution in [2.45, 2.75) is 37.4 Å². The van der Waals surface area contributed by atoms with Crippen molar-refractivity contribution in [3.8, 4) is 0 Å². The number of carbonyl (C=O) groups is 1. The highest BCUT2D eigenvalue weighted by Crippen LogP contribution is 2.12. The number of hydrogen-bond acceptors (Lipinski definition) is 4. The maximum Gasteiger partial charge on any atom is 0.317 e. The van der Waals surface area contributed by atoms with Crippen molar-refractivity contribution >= 4 is 15.9 Å². The number of urea groups is 1. The molecule has 23 heavy (non-hydrogen) atoms. The van der Waals surface area contributed by atoms with Gasteiger partial charge in [-0.2, -0.15) is 0 Å². The summed E-state index contributed by atoms with van der Waals surface area (Å²) in [5.74, 6) is 0.0210. The van der Waals surface area contributed by atoms with Gasteiger partial charge in [0, 0.05) is 19.6 Å². The van der Waals surface area contributed by atoms with Gasteiger partial charge < -0.3 is 15.0 Å². The van der Waals surface area contributed by atoms with Crippen molar-refractivity contribution in [2.24, 2.45) is 0 Å². The molecule has 0 aliphatic carbocycles. The van der Waals surface area contributed by atoms with E-state index in [9.17, 15) is 13.2 Å². The van der Waals surface area contributed by atoms with Crippen LogP contribution in [0.5, 0.6) is 0 Å². The summed E-state index contributed by atoms with van der Waals surface area (Å²) in [7, 11) is -3.29. The second kappa shape index (κ2) is 7.79. The van der Waals surface area contributed by atoms with Gasteiger partial charge in [-0.1, -0.05) is 18.2 Å². The number of carbonyl (C=O) groups excluding carboxylic acids is 1. The van der Waals surface area contributed by atoms with Crippen molar-refractivity contribution < 1.29 is 17.9 Å². The molecule has 0 radical (unpaired) electrons. The zero-order valence-electron chi connectivity index (χ0n) is 13.6. The van der Waals surface area contributed by atoms with Gasteiger partial charge in [-0.25, -0.2) is 13.2 Å².